The second-order valence-electron chi connectivity index (χ2n) is 5.93. The van der Waals surface area contributed by atoms with E-state index in [1.807, 2.05) is 27.7 Å². The van der Waals surface area contributed by atoms with Crippen molar-refractivity contribution in [1.82, 2.24) is 19.4 Å². The molecule has 130 valence electrons. The normalized spacial score (nSPS) is 11.2. The van der Waals surface area contributed by atoms with Crippen LogP contribution in [0.1, 0.15) is 56.6 Å². The predicted molar refractivity (Wildman–Crippen MR) is 93.6 cm³/mol. The summed E-state index contributed by atoms with van der Waals surface area (Å²) in [6.07, 6.45) is 0. The SMILES string of the molecule is CCN(CC)C(=O)c1cc(C(C)C)nc2c1c(=O)[nH]c(=O)n2CC. The van der Waals surface area contributed by atoms with Gasteiger partial charge in [0.1, 0.15) is 0 Å². The van der Waals surface area contributed by atoms with Crippen LogP contribution in [0, 0.1) is 0 Å². The van der Waals surface area contributed by atoms with Crippen LogP contribution in [0.15, 0.2) is 15.7 Å². The number of carbonyl (C=O) groups is 1. The number of hydrogen-bond acceptors (Lipinski definition) is 4. The van der Waals surface area contributed by atoms with Gasteiger partial charge in [-0.2, -0.15) is 0 Å². The molecule has 0 aliphatic rings. The number of aromatic nitrogens is 3. The van der Waals surface area contributed by atoms with E-state index in [1.165, 1.54) is 4.57 Å². The Morgan fingerprint density at radius 1 is 1.25 bits per heavy atom. The van der Waals surface area contributed by atoms with E-state index < -0.39 is 11.2 Å². The third kappa shape index (κ3) is 2.98. The van der Waals surface area contributed by atoms with Gasteiger partial charge in [-0.25, -0.2) is 9.78 Å². The van der Waals surface area contributed by atoms with E-state index in [1.54, 1.807) is 17.9 Å². The van der Waals surface area contributed by atoms with Gasteiger partial charge >= 0.3 is 5.69 Å². The van der Waals surface area contributed by atoms with Crippen LogP contribution in [0.4, 0.5) is 0 Å². The smallest absolute Gasteiger partial charge is 0.329 e. The average molecular weight is 332 g/mol. The van der Waals surface area contributed by atoms with Crippen LogP contribution in [0.3, 0.4) is 0 Å². The largest absolute Gasteiger partial charge is 0.339 e. The van der Waals surface area contributed by atoms with Gasteiger partial charge in [0.05, 0.1) is 10.9 Å². The second-order valence-corrected chi connectivity index (χ2v) is 5.93. The molecule has 0 saturated heterocycles. The van der Waals surface area contributed by atoms with Crippen molar-refractivity contribution in [2.24, 2.45) is 0 Å². The number of aromatic amines is 1. The molecule has 0 unspecified atom stereocenters. The number of rotatable bonds is 5. The Kier molecular flexibility index (Phi) is 5.21. The van der Waals surface area contributed by atoms with Gasteiger partial charge in [0.2, 0.25) is 0 Å². The van der Waals surface area contributed by atoms with Gasteiger partial charge < -0.3 is 4.90 Å². The van der Waals surface area contributed by atoms with Crippen molar-refractivity contribution in [2.45, 2.75) is 47.1 Å². The molecule has 0 bridgehead atoms. The molecule has 0 aliphatic carbocycles. The molecule has 7 nitrogen and oxygen atoms in total. The summed E-state index contributed by atoms with van der Waals surface area (Å²) in [5.74, 6) is -0.154. The van der Waals surface area contributed by atoms with E-state index in [4.69, 9.17) is 0 Å². The van der Waals surface area contributed by atoms with E-state index in [-0.39, 0.29) is 22.9 Å². The molecule has 2 aromatic rings. The molecule has 2 heterocycles. The zero-order valence-electron chi connectivity index (χ0n) is 14.8. The third-order valence-corrected chi connectivity index (χ3v) is 4.16. The monoisotopic (exact) mass is 332 g/mol. The Hall–Kier alpha value is -2.44. The summed E-state index contributed by atoms with van der Waals surface area (Å²) >= 11 is 0. The number of pyridine rings is 1. The van der Waals surface area contributed by atoms with Gasteiger partial charge in [0.15, 0.2) is 5.65 Å². The summed E-state index contributed by atoms with van der Waals surface area (Å²) in [6.45, 7) is 10.9. The number of carbonyl (C=O) groups excluding carboxylic acids is 1. The lowest BCUT2D eigenvalue weighted by atomic mass is 10.0. The first-order chi connectivity index (χ1) is 11.3. The molecule has 2 rings (SSSR count). The fraction of sp³-hybridized carbons (Fsp3) is 0.529. The zero-order chi connectivity index (χ0) is 18.0. The Balaban J connectivity index is 2.95. The summed E-state index contributed by atoms with van der Waals surface area (Å²) in [6, 6.07) is 1.67. The molecule has 0 aromatic carbocycles. The fourth-order valence-corrected chi connectivity index (χ4v) is 2.73. The molecule has 0 spiro atoms. The first-order valence-electron chi connectivity index (χ1n) is 8.32. The lowest BCUT2D eigenvalue weighted by Crippen LogP contribution is -2.35. The van der Waals surface area contributed by atoms with Crippen LogP contribution in [-0.2, 0) is 6.54 Å². The van der Waals surface area contributed by atoms with Crippen LogP contribution in [0.5, 0.6) is 0 Å². The maximum Gasteiger partial charge on any atom is 0.329 e. The summed E-state index contributed by atoms with van der Waals surface area (Å²) in [7, 11) is 0. The third-order valence-electron chi connectivity index (χ3n) is 4.16. The van der Waals surface area contributed by atoms with Crippen molar-refractivity contribution in [3.05, 3.63) is 38.2 Å². The molecular formula is C17H24N4O3. The van der Waals surface area contributed by atoms with Crippen LogP contribution < -0.4 is 11.2 Å². The lowest BCUT2D eigenvalue weighted by Gasteiger charge is -2.20. The minimum absolute atomic E-state index is 0.0670. The van der Waals surface area contributed by atoms with Gasteiger partial charge in [-0.15, -0.1) is 0 Å². The topological polar surface area (TPSA) is 88.1 Å². The summed E-state index contributed by atoms with van der Waals surface area (Å²) in [4.78, 5) is 45.8. The Bertz CT molecular complexity index is 876. The standard InChI is InChI=1S/C17H24N4O3/c1-6-20(7-2)16(23)11-9-12(10(4)5)18-14-13(11)15(22)19-17(24)21(14)8-3/h9-10H,6-8H2,1-5H3,(H,19,22,24). The minimum atomic E-state index is -0.571. The van der Waals surface area contributed by atoms with Gasteiger partial charge in [-0.05, 0) is 32.8 Å². The highest BCUT2D eigenvalue weighted by Gasteiger charge is 2.22. The van der Waals surface area contributed by atoms with Crippen molar-refractivity contribution in [2.75, 3.05) is 13.1 Å². The quantitative estimate of drug-likeness (QED) is 0.903. The number of H-pyrrole nitrogens is 1. The summed E-state index contributed by atoms with van der Waals surface area (Å²) < 4.78 is 1.39. The Morgan fingerprint density at radius 3 is 2.38 bits per heavy atom. The van der Waals surface area contributed by atoms with Crippen molar-refractivity contribution >= 4 is 16.9 Å². The average Bonchev–Trinajstić information content (AvgIpc) is 2.54. The number of aryl methyl sites for hydroxylation is 1. The van der Waals surface area contributed by atoms with Crippen molar-refractivity contribution in [3.63, 3.8) is 0 Å². The first-order valence-corrected chi connectivity index (χ1v) is 8.32. The van der Waals surface area contributed by atoms with E-state index in [0.29, 0.717) is 30.9 Å². The number of nitrogens with zero attached hydrogens (tertiary/aromatic N) is 3. The number of fused-ring (bicyclic) bond motifs is 1. The molecular weight excluding hydrogens is 308 g/mol. The molecule has 1 amide bonds. The Morgan fingerprint density at radius 2 is 1.88 bits per heavy atom. The van der Waals surface area contributed by atoms with Crippen molar-refractivity contribution in [3.8, 4) is 0 Å². The molecule has 0 radical (unpaired) electrons. The molecule has 24 heavy (non-hydrogen) atoms. The lowest BCUT2D eigenvalue weighted by molar-refractivity contribution is 0.0774. The highest BCUT2D eigenvalue weighted by Crippen LogP contribution is 2.21. The van der Waals surface area contributed by atoms with Crippen LogP contribution in [0.25, 0.3) is 11.0 Å². The molecule has 0 saturated carbocycles. The molecule has 7 heteroatoms. The number of hydrogen-bond donors (Lipinski definition) is 1. The van der Waals surface area contributed by atoms with E-state index in [0.717, 1.165) is 0 Å². The van der Waals surface area contributed by atoms with Gasteiger partial charge in [-0.1, -0.05) is 13.8 Å². The zero-order valence-corrected chi connectivity index (χ0v) is 14.8. The van der Waals surface area contributed by atoms with Crippen molar-refractivity contribution < 1.29 is 4.79 Å². The predicted octanol–water partition coefficient (Wildman–Crippen LogP) is 1.71. The van der Waals surface area contributed by atoms with Crippen LogP contribution in [-0.4, -0.2) is 38.4 Å². The van der Waals surface area contributed by atoms with Gasteiger partial charge in [-0.3, -0.25) is 19.1 Å². The molecule has 0 aliphatic heterocycles. The minimum Gasteiger partial charge on any atom is -0.339 e. The molecule has 0 atom stereocenters. The Labute approximate surface area is 140 Å². The van der Waals surface area contributed by atoms with Gasteiger partial charge in [0, 0.05) is 25.3 Å². The maximum atomic E-state index is 12.9. The van der Waals surface area contributed by atoms with E-state index in [2.05, 4.69) is 9.97 Å². The summed E-state index contributed by atoms with van der Waals surface area (Å²) in [5.41, 5.74) is 0.177. The second kappa shape index (κ2) is 6.98. The van der Waals surface area contributed by atoms with Crippen molar-refractivity contribution in [1.29, 1.82) is 0 Å². The van der Waals surface area contributed by atoms with Crippen LogP contribution >= 0.6 is 0 Å². The first kappa shape index (κ1) is 17.9. The molecule has 1 N–H and O–H groups in total. The molecule has 2 aromatic heterocycles. The van der Waals surface area contributed by atoms with E-state index >= 15 is 0 Å². The molecule has 0 fully saturated rings. The number of nitrogens with one attached hydrogen (secondary N) is 1. The van der Waals surface area contributed by atoms with Gasteiger partial charge in [0.25, 0.3) is 11.5 Å². The van der Waals surface area contributed by atoms with Crippen LogP contribution in [0.2, 0.25) is 0 Å². The highest BCUT2D eigenvalue weighted by atomic mass is 16.2. The van der Waals surface area contributed by atoms with E-state index in [9.17, 15) is 14.4 Å². The maximum absolute atomic E-state index is 12.9. The summed E-state index contributed by atoms with van der Waals surface area (Å²) in [5, 5.41) is 0.178. The fourth-order valence-electron chi connectivity index (χ4n) is 2.73. The highest BCUT2D eigenvalue weighted by molar-refractivity contribution is 6.05. The number of amides is 1.